The van der Waals surface area contributed by atoms with Crippen LogP contribution >= 0.6 is 0 Å². The fourth-order valence-electron chi connectivity index (χ4n) is 3.22. The Morgan fingerprint density at radius 2 is 1.79 bits per heavy atom. The highest BCUT2D eigenvalue weighted by Gasteiger charge is 2.29. The number of carbonyl (C=O) groups is 2. The van der Waals surface area contributed by atoms with Crippen molar-refractivity contribution in [1.82, 2.24) is 4.57 Å². The zero-order valence-electron chi connectivity index (χ0n) is 16.4. The van der Waals surface area contributed by atoms with Crippen LogP contribution in [0.4, 0.5) is 5.69 Å². The maximum absolute atomic E-state index is 12.4. The minimum atomic E-state index is -3.37. The molecular formula is C20H24N2O5S. The van der Waals surface area contributed by atoms with E-state index in [1.54, 1.807) is 18.2 Å². The van der Waals surface area contributed by atoms with Crippen molar-refractivity contribution in [3.63, 3.8) is 0 Å². The number of aryl methyl sites for hydroxylation is 1. The Morgan fingerprint density at radius 1 is 1.18 bits per heavy atom. The molecule has 1 aromatic carbocycles. The van der Waals surface area contributed by atoms with Crippen LogP contribution in [-0.2, 0) is 14.8 Å². The number of carbonyl (C=O) groups excluding carboxylic acids is 2. The highest BCUT2D eigenvalue weighted by molar-refractivity contribution is 7.92. The molecule has 0 bridgehead atoms. The summed E-state index contributed by atoms with van der Waals surface area (Å²) in [5.74, 6) is -0.861. The molecule has 0 aliphatic heterocycles. The first-order valence-electron chi connectivity index (χ1n) is 9.02. The number of ether oxygens (including phenoxy) is 1. The number of hydrogen-bond donors (Lipinski definition) is 0. The van der Waals surface area contributed by atoms with Crippen molar-refractivity contribution in [1.29, 1.82) is 0 Å². The predicted octanol–water partition coefficient (Wildman–Crippen LogP) is 2.88. The first-order valence-corrected chi connectivity index (χ1v) is 10.9. The van der Waals surface area contributed by atoms with Crippen LogP contribution in [0.15, 0.2) is 30.3 Å². The Bertz CT molecular complexity index is 1020. The molecule has 2 aromatic rings. The van der Waals surface area contributed by atoms with Crippen LogP contribution in [0.1, 0.15) is 51.0 Å². The van der Waals surface area contributed by atoms with Crippen LogP contribution in [0.25, 0.3) is 0 Å². The van der Waals surface area contributed by atoms with E-state index in [9.17, 15) is 18.0 Å². The number of rotatable bonds is 7. The van der Waals surface area contributed by atoms with Gasteiger partial charge in [0, 0.05) is 30.0 Å². The zero-order chi connectivity index (χ0) is 20.6. The molecule has 0 saturated heterocycles. The summed E-state index contributed by atoms with van der Waals surface area (Å²) in [6.45, 7) is 3.48. The Morgan fingerprint density at radius 3 is 2.32 bits per heavy atom. The Hall–Kier alpha value is -2.61. The maximum atomic E-state index is 12.4. The molecule has 7 nitrogen and oxygen atoms in total. The third kappa shape index (κ3) is 4.11. The normalized spacial score (nSPS) is 14.0. The fourth-order valence-corrected chi connectivity index (χ4v) is 3.72. The van der Waals surface area contributed by atoms with Crippen molar-refractivity contribution in [3.05, 3.63) is 52.8 Å². The number of esters is 1. The number of sulfonamides is 1. The molecule has 0 spiro atoms. The highest BCUT2D eigenvalue weighted by Crippen LogP contribution is 2.38. The maximum Gasteiger partial charge on any atom is 0.340 e. The molecule has 1 aliphatic rings. The Labute approximate surface area is 165 Å². The number of aromatic nitrogens is 1. The smallest absolute Gasteiger partial charge is 0.340 e. The Balaban J connectivity index is 1.64. The van der Waals surface area contributed by atoms with E-state index in [1.807, 2.05) is 13.8 Å². The molecular weight excluding hydrogens is 380 g/mol. The van der Waals surface area contributed by atoms with Crippen molar-refractivity contribution < 1.29 is 22.7 Å². The minimum Gasteiger partial charge on any atom is -0.454 e. The molecule has 28 heavy (non-hydrogen) atoms. The predicted molar refractivity (Wildman–Crippen MR) is 106 cm³/mol. The van der Waals surface area contributed by atoms with Crippen LogP contribution in [-0.4, -0.2) is 44.6 Å². The zero-order valence-corrected chi connectivity index (χ0v) is 17.2. The van der Waals surface area contributed by atoms with Gasteiger partial charge in [0.1, 0.15) is 0 Å². The lowest BCUT2D eigenvalue weighted by Gasteiger charge is -2.16. The van der Waals surface area contributed by atoms with Crippen molar-refractivity contribution in [2.75, 3.05) is 24.2 Å². The average molecular weight is 404 g/mol. The van der Waals surface area contributed by atoms with E-state index in [2.05, 4.69) is 4.57 Å². The number of nitrogens with zero attached hydrogens (tertiary/aromatic N) is 2. The molecule has 0 N–H and O–H groups in total. The second-order valence-corrected chi connectivity index (χ2v) is 9.18. The van der Waals surface area contributed by atoms with Gasteiger partial charge in [0.25, 0.3) is 0 Å². The monoisotopic (exact) mass is 404 g/mol. The van der Waals surface area contributed by atoms with E-state index in [4.69, 9.17) is 4.74 Å². The van der Waals surface area contributed by atoms with Gasteiger partial charge in [-0.25, -0.2) is 13.2 Å². The minimum absolute atomic E-state index is 0.349. The van der Waals surface area contributed by atoms with E-state index < -0.39 is 16.0 Å². The SMILES string of the molecule is Cc1cc(C(=O)OCC(=O)c2ccc(N(C)S(C)(=O)=O)cc2)c(C)n1C1CC1. The van der Waals surface area contributed by atoms with E-state index in [0.29, 0.717) is 22.9 Å². The van der Waals surface area contributed by atoms with Gasteiger partial charge in [-0.2, -0.15) is 0 Å². The van der Waals surface area contributed by atoms with Crippen LogP contribution in [0.5, 0.6) is 0 Å². The van der Waals surface area contributed by atoms with Gasteiger partial charge in [-0.15, -0.1) is 0 Å². The van der Waals surface area contributed by atoms with Gasteiger partial charge < -0.3 is 9.30 Å². The third-order valence-corrected chi connectivity index (χ3v) is 6.21. The van der Waals surface area contributed by atoms with Crippen molar-refractivity contribution in [3.8, 4) is 0 Å². The standard InChI is InChI=1S/C20H24N2O5S/c1-13-11-18(14(2)22(13)17-9-10-17)20(24)27-12-19(23)15-5-7-16(8-6-15)21(3)28(4,25)26/h5-8,11,17H,9-10,12H2,1-4H3. The third-order valence-electron chi connectivity index (χ3n) is 5.00. The largest absolute Gasteiger partial charge is 0.454 e. The second kappa shape index (κ2) is 7.43. The van der Waals surface area contributed by atoms with Crippen LogP contribution in [0, 0.1) is 13.8 Å². The second-order valence-electron chi connectivity index (χ2n) is 7.16. The van der Waals surface area contributed by atoms with Gasteiger partial charge in [0.05, 0.1) is 17.5 Å². The van der Waals surface area contributed by atoms with Gasteiger partial charge in [-0.05, 0) is 57.0 Å². The van der Waals surface area contributed by atoms with Crippen LogP contribution in [0.2, 0.25) is 0 Å². The van der Waals surface area contributed by atoms with E-state index in [0.717, 1.165) is 34.8 Å². The molecule has 1 aromatic heterocycles. The molecule has 0 atom stereocenters. The molecule has 0 unspecified atom stereocenters. The van der Waals surface area contributed by atoms with Crippen LogP contribution < -0.4 is 4.31 Å². The first-order chi connectivity index (χ1) is 13.1. The molecule has 150 valence electrons. The molecule has 1 fully saturated rings. The first kappa shape index (κ1) is 20.1. The van der Waals surface area contributed by atoms with E-state index >= 15 is 0 Å². The molecule has 1 heterocycles. The molecule has 1 saturated carbocycles. The number of anilines is 1. The molecule has 1 aliphatic carbocycles. The van der Waals surface area contributed by atoms with Crippen molar-refractivity contribution in [2.24, 2.45) is 0 Å². The van der Waals surface area contributed by atoms with E-state index in [1.165, 1.54) is 19.2 Å². The quantitative estimate of drug-likeness (QED) is 0.523. The Kier molecular flexibility index (Phi) is 5.34. The summed E-state index contributed by atoms with van der Waals surface area (Å²) in [6, 6.07) is 8.39. The number of Topliss-reactive ketones (excluding diaryl/α,β-unsaturated/α-hetero) is 1. The lowest BCUT2D eigenvalue weighted by Crippen LogP contribution is -2.24. The molecule has 3 rings (SSSR count). The summed E-state index contributed by atoms with van der Waals surface area (Å²) in [5.41, 5.74) is 3.17. The van der Waals surface area contributed by atoms with Crippen LogP contribution in [0.3, 0.4) is 0 Å². The molecule has 0 radical (unpaired) electrons. The summed E-state index contributed by atoms with van der Waals surface area (Å²) in [5, 5.41) is 0. The molecule has 8 heteroatoms. The summed E-state index contributed by atoms with van der Waals surface area (Å²) in [7, 11) is -1.93. The average Bonchev–Trinajstić information content (AvgIpc) is 3.43. The highest BCUT2D eigenvalue weighted by atomic mass is 32.2. The van der Waals surface area contributed by atoms with E-state index in [-0.39, 0.29) is 12.4 Å². The summed E-state index contributed by atoms with van der Waals surface area (Å²) < 4.78 is 31.6. The van der Waals surface area contributed by atoms with Gasteiger partial charge in [-0.1, -0.05) is 0 Å². The molecule has 0 amide bonds. The summed E-state index contributed by atoms with van der Waals surface area (Å²) in [6.07, 6.45) is 3.34. The van der Waals surface area contributed by atoms with Gasteiger partial charge in [-0.3, -0.25) is 9.10 Å². The van der Waals surface area contributed by atoms with Gasteiger partial charge >= 0.3 is 5.97 Å². The number of ketones is 1. The van der Waals surface area contributed by atoms with Gasteiger partial charge in [0.15, 0.2) is 12.4 Å². The lowest BCUT2D eigenvalue weighted by atomic mass is 10.1. The summed E-state index contributed by atoms with van der Waals surface area (Å²) in [4.78, 5) is 24.7. The topological polar surface area (TPSA) is 85.7 Å². The number of benzene rings is 1. The van der Waals surface area contributed by atoms with Crippen molar-refractivity contribution in [2.45, 2.75) is 32.7 Å². The lowest BCUT2D eigenvalue weighted by molar-refractivity contribution is 0.0474. The fraction of sp³-hybridized carbons (Fsp3) is 0.400. The van der Waals surface area contributed by atoms with Crippen molar-refractivity contribution >= 4 is 27.5 Å². The summed E-state index contributed by atoms with van der Waals surface area (Å²) >= 11 is 0. The van der Waals surface area contributed by atoms with Gasteiger partial charge in [0.2, 0.25) is 10.0 Å². The number of hydrogen-bond acceptors (Lipinski definition) is 5.